The molecule has 0 aliphatic rings. The van der Waals surface area contributed by atoms with Crippen LogP contribution in [0.2, 0.25) is 0 Å². The van der Waals surface area contributed by atoms with Crippen LogP contribution in [0.15, 0.2) is 56.7 Å². The van der Waals surface area contributed by atoms with Crippen LogP contribution in [-0.4, -0.2) is 35.9 Å². The zero-order chi connectivity index (χ0) is 18.4. The lowest BCUT2D eigenvalue weighted by molar-refractivity contribution is -0.113. The Morgan fingerprint density at radius 2 is 1.80 bits per heavy atom. The Hall–Kier alpha value is -1.44. The summed E-state index contributed by atoms with van der Waals surface area (Å²) in [5, 5.41) is 2.84. The fraction of sp³-hybridized carbons (Fsp3) is 0.222. The topological polar surface area (TPSA) is 49.4 Å². The van der Waals surface area contributed by atoms with Crippen LogP contribution in [0.4, 0.5) is 10.5 Å². The molecule has 2 aromatic carbocycles. The van der Waals surface area contributed by atoms with Gasteiger partial charge in [-0.25, -0.2) is 0 Å². The second-order valence-corrected chi connectivity index (χ2v) is 8.49. The van der Waals surface area contributed by atoms with Gasteiger partial charge >= 0.3 is 0 Å². The van der Waals surface area contributed by atoms with Crippen LogP contribution < -0.4 is 5.32 Å². The Balaban J connectivity index is 1.87. The van der Waals surface area contributed by atoms with Gasteiger partial charge in [0, 0.05) is 34.0 Å². The van der Waals surface area contributed by atoms with E-state index in [-0.39, 0.29) is 11.1 Å². The number of amides is 2. The summed E-state index contributed by atoms with van der Waals surface area (Å²) >= 11 is 6.10. The van der Waals surface area contributed by atoms with E-state index in [9.17, 15) is 9.59 Å². The molecule has 0 aliphatic heterocycles. The van der Waals surface area contributed by atoms with Crippen molar-refractivity contribution >= 4 is 56.3 Å². The standard InChI is InChI=1S/C18H19BrN2O2S2/c1-12-10-13(19)4-9-16(12)24-11-17(22)20-14-5-7-15(8-6-14)25-18(23)21(2)3/h4-10H,11H2,1-3H3,(H,20,22). The monoisotopic (exact) mass is 438 g/mol. The molecule has 0 saturated heterocycles. The van der Waals surface area contributed by atoms with Crippen LogP contribution in [0, 0.1) is 6.92 Å². The first-order valence-corrected chi connectivity index (χ1v) is 10.1. The van der Waals surface area contributed by atoms with Gasteiger partial charge in [-0.2, -0.15) is 0 Å². The number of benzene rings is 2. The third-order valence-corrected chi connectivity index (χ3v) is 5.92. The van der Waals surface area contributed by atoms with Gasteiger partial charge in [0.15, 0.2) is 0 Å². The summed E-state index contributed by atoms with van der Waals surface area (Å²) in [6.07, 6.45) is 0. The van der Waals surface area contributed by atoms with Crippen LogP contribution >= 0.6 is 39.5 Å². The molecule has 25 heavy (non-hydrogen) atoms. The number of carbonyl (C=O) groups excluding carboxylic acids is 2. The largest absolute Gasteiger partial charge is 0.339 e. The lowest BCUT2D eigenvalue weighted by Gasteiger charge is -2.10. The molecule has 4 nitrogen and oxygen atoms in total. The molecule has 0 spiro atoms. The molecular formula is C18H19BrN2O2S2. The number of hydrogen-bond acceptors (Lipinski definition) is 4. The average Bonchev–Trinajstić information content (AvgIpc) is 2.55. The summed E-state index contributed by atoms with van der Waals surface area (Å²) in [6.45, 7) is 2.02. The van der Waals surface area contributed by atoms with Gasteiger partial charge < -0.3 is 10.2 Å². The molecule has 0 unspecified atom stereocenters. The molecule has 1 N–H and O–H groups in total. The fourth-order valence-electron chi connectivity index (χ4n) is 1.91. The quantitative estimate of drug-likeness (QED) is 0.646. The first-order chi connectivity index (χ1) is 11.8. The van der Waals surface area contributed by atoms with Crippen LogP contribution in [-0.2, 0) is 4.79 Å². The lowest BCUT2D eigenvalue weighted by atomic mass is 10.2. The van der Waals surface area contributed by atoms with E-state index in [4.69, 9.17) is 0 Å². The maximum absolute atomic E-state index is 12.1. The summed E-state index contributed by atoms with van der Waals surface area (Å²) in [5.74, 6) is 0.287. The van der Waals surface area contributed by atoms with Gasteiger partial charge in [-0.1, -0.05) is 15.9 Å². The number of hydrogen-bond donors (Lipinski definition) is 1. The minimum Gasteiger partial charge on any atom is -0.339 e. The Morgan fingerprint density at radius 3 is 2.40 bits per heavy atom. The van der Waals surface area contributed by atoms with Crippen molar-refractivity contribution in [3.63, 3.8) is 0 Å². The van der Waals surface area contributed by atoms with Crippen molar-refractivity contribution in [1.29, 1.82) is 0 Å². The fourth-order valence-corrected chi connectivity index (χ4v) is 3.86. The zero-order valence-electron chi connectivity index (χ0n) is 14.2. The number of aryl methyl sites for hydroxylation is 1. The molecular weight excluding hydrogens is 420 g/mol. The Bertz CT molecular complexity index is 764. The third kappa shape index (κ3) is 6.41. The summed E-state index contributed by atoms with van der Waals surface area (Å²) in [5.41, 5.74) is 1.86. The molecule has 132 valence electrons. The highest BCUT2D eigenvalue weighted by Crippen LogP contribution is 2.26. The molecule has 7 heteroatoms. The number of halogens is 1. The highest BCUT2D eigenvalue weighted by Gasteiger charge is 2.08. The minimum absolute atomic E-state index is 0.0296. The van der Waals surface area contributed by atoms with E-state index in [0.29, 0.717) is 5.75 Å². The highest BCUT2D eigenvalue weighted by atomic mass is 79.9. The van der Waals surface area contributed by atoms with E-state index < -0.39 is 0 Å². The second-order valence-electron chi connectivity index (χ2n) is 5.53. The average molecular weight is 439 g/mol. The lowest BCUT2D eigenvalue weighted by Crippen LogP contribution is -2.16. The molecule has 2 aromatic rings. The molecule has 0 aromatic heterocycles. The van der Waals surface area contributed by atoms with Crippen molar-refractivity contribution in [1.82, 2.24) is 4.90 Å². The van der Waals surface area contributed by atoms with Crippen molar-refractivity contribution in [2.75, 3.05) is 25.2 Å². The molecule has 0 heterocycles. The number of carbonyl (C=O) groups is 2. The molecule has 0 aliphatic carbocycles. The molecule has 0 radical (unpaired) electrons. The number of nitrogens with one attached hydrogen (secondary N) is 1. The molecule has 0 saturated carbocycles. The van der Waals surface area contributed by atoms with Crippen LogP contribution in [0.1, 0.15) is 5.56 Å². The van der Waals surface area contributed by atoms with E-state index in [1.807, 2.05) is 37.3 Å². The van der Waals surface area contributed by atoms with E-state index in [2.05, 4.69) is 21.2 Å². The van der Waals surface area contributed by atoms with Crippen molar-refractivity contribution in [2.45, 2.75) is 16.7 Å². The van der Waals surface area contributed by atoms with Crippen molar-refractivity contribution in [3.8, 4) is 0 Å². The van der Waals surface area contributed by atoms with Crippen molar-refractivity contribution < 1.29 is 9.59 Å². The second kappa shape index (κ2) is 9.31. The molecule has 2 amide bonds. The maximum Gasteiger partial charge on any atom is 0.285 e. The van der Waals surface area contributed by atoms with Gasteiger partial charge in [-0.05, 0) is 66.7 Å². The van der Waals surface area contributed by atoms with Gasteiger partial charge in [-0.15, -0.1) is 11.8 Å². The van der Waals surface area contributed by atoms with Crippen LogP contribution in [0.25, 0.3) is 0 Å². The number of anilines is 1. The molecule has 0 atom stereocenters. The van der Waals surface area contributed by atoms with Crippen LogP contribution in [0.5, 0.6) is 0 Å². The van der Waals surface area contributed by atoms with Crippen molar-refractivity contribution in [3.05, 3.63) is 52.5 Å². The number of thioether (sulfide) groups is 2. The third-order valence-electron chi connectivity index (χ3n) is 3.20. The SMILES string of the molecule is Cc1cc(Br)ccc1SCC(=O)Nc1ccc(SC(=O)N(C)C)cc1. The molecule has 0 bridgehead atoms. The zero-order valence-corrected chi connectivity index (χ0v) is 17.4. The predicted molar refractivity (Wildman–Crippen MR) is 110 cm³/mol. The Kier molecular flexibility index (Phi) is 7.40. The van der Waals surface area contributed by atoms with Gasteiger partial charge in [0.1, 0.15) is 0 Å². The predicted octanol–water partition coefficient (Wildman–Crippen LogP) is 5.26. The van der Waals surface area contributed by atoms with Crippen LogP contribution in [0.3, 0.4) is 0 Å². The van der Waals surface area contributed by atoms with Gasteiger partial charge in [0.2, 0.25) is 5.91 Å². The summed E-state index contributed by atoms with van der Waals surface area (Å²) in [6, 6.07) is 13.3. The number of rotatable bonds is 5. The normalized spacial score (nSPS) is 10.4. The van der Waals surface area contributed by atoms with Gasteiger partial charge in [0.05, 0.1) is 5.75 Å². The summed E-state index contributed by atoms with van der Waals surface area (Å²) in [7, 11) is 3.43. The van der Waals surface area contributed by atoms with E-state index >= 15 is 0 Å². The van der Waals surface area contributed by atoms with E-state index in [0.717, 1.165) is 37.3 Å². The van der Waals surface area contributed by atoms with Gasteiger partial charge in [-0.3, -0.25) is 9.59 Å². The first-order valence-electron chi connectivity index (χ1n) is 7.53. The maximum atomic E-state index is 12.1. The Labute approximate surface area is 164 Å². The smallest absolute Gasteiger partial charge is 0.285 e. The number of nitrogens with zero attached hydrogens (tertiary/aromatic N) is 1. The first kappa shape index (κ1) is 19.9. The summed E-state index contributed by atoms with van der Waals surface area (Å²) in [4.78, 5) is 27.2. The van der Waals surface area contributed by atoms with E-state index in [1.165, 1.54) is 16.7 Å². The Morgan fingerprint density at radius 1 is 1.12 bits per heavy atom. The molecule has 0 fully saturated rings. The van der Waals surface area contributed by atoms with Crippen molar-refractivity contribution in [2.24, 2.45) is 0 Å². The molecule has 2 rings (SSSR count). The minimum atomic E-state index is -0.0583. The summed E-state index contributed by atoms with van der Waals surface area (Å²) < 4.78 is 1.03. The van der Waals surface area contributed by atoms with Gasteiger partial charge in [0.25, 0.3) is 5.24 Å². The van der Waals surface area contributed by atoms with E-state index in [1.54, 1.807) is 26.2 Å². The highest BCUT2D eigenvalue weighted by molar-refractivity contribution is 9.10.